The molecule has 11 heavy (non-hydrogen) atoms. The zero-order chi connectivity index (χ0) is 8.70. The minimum atomic E-state index is -2.86. The lowest BCUT2D eigenvalue weighted by Crippen LogP contribution is -2.21. The molecule has 2 nitrogen and oxygen atoms in total. The van der Waals surface area contributed by atoms with E-state index in [0.29, 0.717) is 0 Å². The average Bonchev–Trinajstić information content (AvgIpc) is 2.07. The van der Waals surface area contributed by atoms with Gasteiger partial charge in [-0.25, -0.2) is 8.42 Å². The lowest BCUT2D eigenvalue weighted by molar-refractivity contribution is 0.319. The molecule has 0 aliphatic carbocycles. The fourth-order valence-corrected chi connectivity index (χ4v) is 2.77. The van der Waals surface area contributed by atoms with Gasteiger partial charge in [0, 0.05) is 5.41 Å². The molecule has 0 fully saturated rings. The number of hydrogen-bond donors (Lipinski definition) is 0. The van der Waals surface area contributed by atoms with Gasteiger partial charge in [-0.1, -0.05) is 26.8 Å². The highest BCUT2D eigenvalue weighted by atomic mass is 32.2. The van der Waals surface area contributed by atoms with Gasteiger partial charge in [-0.2, -0.15) is 0 Å². The summed E-state index contributed by atoms with van der Waals surface area (Å²) in [6.45, 7) is 6.18. The van der Waals surface area contributed by atoms with Crippen LogP contribution < -0.4 is 0 Å². The first-order valence-corrected chi connectivity index (χ1v) is 5.44. The van der Waals surface area contributed by atoms with Crippen LogP contribution in [-0.2, 0) is 9.84 Å². The van der Waals surface area contributed by atoms with E-state index in [2.05, 4.69) is 20.8 Å². The third-order valence-corrected chi connectivity index (χ3v) is 3.44. The third-order valence-electron chi connectivity index (χ3n) is 2.04. The number of sulfone groups is 1. The van der Waals surface area contributed by atoms with Gasteiger partial charge in [0.1, 0.15) is 0 Å². The van der Waals surface area contributed by atoms with Gasteiger partial charge in [-0.3, -0.25) is 0 Å². The van der Waals surface area contributed by atoms with Crippen LogP contribution in [0.4, 0.5) is 0 Å². The average molecular weight is 174 g/mol. The van der Waals surface area contributed by atoms with E-state index in [-0.39, 0.29) is 17.1 Å². The van der Waals surface area contributed by atoms with E-state index >= 15 is 0 Å². The fraction of sp³-hybridized carbons (Fsp3) is 0.750. The van der Waals surface area contributed by atoms with Crippen LogP contribution in [0.1, 0.15) is 20.8 Å². The predicted molar refractivity (Wildman–Crippen MR) is 45.9 cm³/mol. The van der Waals surface area contributed by atoms with Gasteiger partial charge in [-0.05, 0) is 11.3 Å². The molecular weight excluding hydrogens is 160 g/mol. The van der Waals surface area contributed by atoms with Crippen molar-refractivity contribution < 1.29 is 8.42 Å². The second kappa shape index (κ2) is 2.34. The molecule has 1 unspecified atom stereocenters. The Morgan fingerprint density at radius 3 is 2.09 bits per heavy atom. The molecular formula is C8H14O2S. The second-order valence-electron chi connectivity index (χ2n) is 4.13. The van der Waals surface area contributed by atoms with Crippen molar-refractivity contribution in [2.45, 2.75) is 20.8 Å². The Bertz CT molecular complexity index is 267. The fourth-order valence-electron chi connectivity index (χ4n) is 1.11. The molecule has 0 saturated heterocycles. The quantitative estimate of drug-likeness (QED) is 0.559. The van der Waals surface area contributed by atoms with Crippen molar-refractivity contribution in [2.75, 3.05) is 5.75 Å². The summed E-state index contributed by atoms with van der Waals surface area (Å²) in [4.78, 5) is 0. The first-order valence-electron chi connectivity index (χ1n) is 3.72. The van der Waals surface area contributed by atoms with E-state index in [0.717, 1.165) is 0 Å². The van der Waals surface area contributed by atoms with Crippen molar-refractivity contribution in [3.63, 3.8) is 0 Å². The van der Waals surface area contributed by atoms with Crippen LogP contribution in [0.15, 0.2) is 11.5 Å². The molecule has 0 N–H and O–H groups in total. The zero-order valence-corrected chi connectivity index (χ0v) is 7.98. The molecule has 64 valence electrons. The highest BCUT2D eigenvalue weighted by Crippen LogP contribution is 2.32. The van der Waals surface area contributed by atoms with E-state index in [1.807, 2.05) is 0 Å². The molecule has 0 aromatic heterocycles. The lowest BCUT2D eigenvalue weighted by Gasteiger charge is -2.24. The van der Waals surface area contributed by atoms with E-state index in [1.54, 1.807) is 6.08 Å². The van der Waals surface area contributed by atoms with E-state index in [1.165, 1.54) is 5.41 Å². The van der Waals surface area contributed by atoms with Gasteiger partial charge in [0.25, 0.3) is 0 Å². The summed E-state index contributed by atoms with van der Waals surface area (Å²) in [6, 6.07) is 0. The topological polar surface area (TPSA) is 34.1 Å². The Kier molecular flexibility index (Phi) is 1.87. The first kappa shape index (κ1) is 8.78. The molecule has 0 bridgehead atoms. The number of rotatable bonds is 0. The second-order valence-corrected chi connectivity index (χ2v) is 6.06. The van der Waals surface area contributed by atoms with Crippen molar-refractivity contribution >= 4 is 9.84 Å². The monoisotopic (exact) mass is 174 g/mol. The van der Waals surface area contributed by atoms with Gasteiger partial charge < -0.3 is 0 Å². The molecule has 3 heteroatoms. The highest BCUT2D eigenvalue weighted by molar-refractivity contribution is 7.94. The summed E-state index contributed by atoms with van der Waals surface area (Å²) in [6.07, 6.45) is 1.80. The maximum Gasteiger partial charge on any atom is 0.171 e. The van der Waals surface area contributed by atoms with Gasteiger partial charge in [0.05, 0.1) is 5.75 Å². The number of hydrogen-bond acceptors (Lipinski definition) is 2. The van der Waals surface area contributed by atoms with Crippen molar-refractivity contribution in [1.82, 2.24) is 0 Å². The minimum Gasteiger partial charge on any atom is -0.224 e. The van der Waals surface area contributed by atoms with Gasteiger partial charge >= 0.3 is 0 Å². The summed E-state index contributed by atoms with van der Waals surface area (Å²) in [5.41, 5.74) is 0.0695. The molecule has 1 aliphatic rings. The van der Waals surface area contributed by atoms with Crippen molar-refractivity contribution in [3.8, 4) is 0 Å². The normalized spacial score (nSPS) is 29.2. The predicted octanol–water partition coefficient (Wildman–Crippen LogP) is 1.59. The minimum absolute atomic E-state index is 0.0695. The third kappa shape index (κ3) is 2.06. The van der Waals surface area contributed by atoms with E-state index in [9.17, 15) is 8.42 Å². The van der Waals surface area contributed by atoms with Crippen LogP contribution in [0, 0.1) is 11.3 Å². The van der Waals surface area contributed by atoms with Gasteiger partial charge in [0.2, 0.25) is 0 Å². The maximum atomic E-state index is 11.0. The summed E-state index contributed by atoms with van der Waals surface area (Å²) in [5, 5.41) is 1.34. The Balaban J connectivity index is 2.81. The molecule has 0 saturated carbocycles. The Morgan fingerprint density at radius 1 is 1.36 bits per heavy atom. The van der Waals surface area contributed by atoms with Crippen LogP contribution in [0.3, 0.4) is 0 Å². The van der Waals surface area contributed by atoms with Crippen molar-refractivity contribution in [2.24, 2.45) is 11.3 Å². The van der Waals surface area contributed by atoms with Crippen LogP contribution in [0.25, 0.3) is 0 Å². The Labute approximate surface area is 68.2 Å². The van der Waals surface area contributed by atoms with Gasteiger partial charge in [0.15, 0.2) is 9.84 Å². The van der Waals surface area contributed by atoms with Crippen molar-refractivity contribution in [3.05, 3.63) is 11.5 Å². The standard InChI is InChI=1S/C8H14O2S/c1-8(2,3)7-4-5-11(9,10)6-7/h4-5,7H,6H2,1-3H3. The van der Waals surface area contributed by atoms with Crippen LogP contribution in [-0.4, -0.2) is 14.2 Å². The Morgan fingerprint density at radius 2 is 1.91 bits per heavy atom. The molecule has 1 rings (SSSR count). The zero-order valence-electron chi connectivity index (χ0n) is 7.16. The summed E-state index contributed by atoms with van der Waals surface area (Å²) < 4.78 is 22.0. The molecule has 1 heterocycles. The largest absolute Gasteiger partial charge is 0.224 e. The first-order chi connectivity index (χ1) is 4.81. The van der Waals surface area contributed by atoms with Crippen LogP contribution in [0.5, 0.6) is 0 Å². The summed E-state index contributed by atoms with van der Waals surface area (Å²) >= 11 is 0. The lowest BCUT2D eigenvalue weighted by atomic mass is 9.82. The highest BCUT2D eigenvalue weighted by Gasteiger charge is 2.30. The maximum absolute atomic E-state index is 11.0. The number of allylic oxidation sites excluding steroid dienone is 1. The summed E-state index contributed by atoms with van der Waals surface area (Å²) in [7, 11) is -2.86. The SMILES string of the molecule is CC(C)(C)C1C=CS(=O)(=O)C1. The van der Waals surface area contributed by atoms with Crippen molar-refractivity contribution in [1.29, 1.82) is 0 Å². The molecule has 0 aromatic carbocycles. The molecule has 0 amide bonds. The van der Waals surface area contributed by atoms with E-state index < -0.39 is 9.84 Å². The van der Waals surface area contributed by atoms with Crippen LogP contribution >= 0.6 is 0 Å². The smallest absolute Gasteiger partial charge is 0.171 e. The Hall–Kier alpha value is -0.310. The molecule has 0 radical (unpaired) electrons. The molecule has 1 atom stereocenters. The van der Waals surface area contributed by atoms with E-state index in [4.69, 9.17) is 0 Å². The van der Waals surface area contributed by atoms with Gasteiger partial charge in [-0.15, -0.1) is 0 Å². The summed E-state index contributed by atoms with van der Waals surface area (Å²) in [5.74, 6) is 0.476. The molecule has 0 aromatic rings. The molecule has 0 spiro atoms. The molecule has 1 aliphatic heterocycles. The van der Waals surface area contributed by atoms with Crippen LogP contribution in [0.2, 0.25) is 0 Å².